The van der Waals surface area contributed by atoms with Crippen molar-refractivity contribution < 1.29 is 0 Å². The molecule has 1 saturated carbocycles. The molecule has 0 radical (unpaired) electrons. The monoisotopic (exact) mass is 196 g/mol. The number of aromatic nitrogens is 1. The Hall–Kier alpha value is -0.760. The molecule has 0 aliphatic heterocycles. The number of anilines is 1. The summed E-state index contributed by atoms with van der Waals surface area (Å²) in [6.07, 6.45) is 4.39. The van der Waals surface area contributed by atoms with Crippen LogP contribution in [0.4, 0.5) is 5.82 Å². The fraction of sp³-hybridized carbons (Fsp3) is 0.500. The van der Waals surface area contributed by atoms with Crippen LogP contribution in [0.3, 0.4) is 0 Å². The van der Waals surface area contributed by atoms with Gasteiger partial charge in [-0.25, -0.2) is 4.98 Å². The fourth-order valence-corrected chi connectivity index (χ4v) is 1.90. The summed E-state index contributed by atoms with van der Waals surface area (Å²) >= 11 is 6.23. The first kappa shape index (κ1) is 8.82. The van der Waals surface area contributed by atoms with Crippen molar-refractivity contribution in [1.29, 1.82) is 0 Å². The first-order valence-electron chi connectivity index (χ1n) is 4.52. The molecule has 0 spiro atoms. The summed E-state index contributed by atoms with van der Waals surface area (Å²) in [5, 5.41) is 0.829. The van der Waals surface area contributed by atoms with E-state index in [0.29, 0.717) is 5.92 Å². The van der Waals surface area contributed by atoms with Crippen molar-refractivity contribution >= 4 is 17.4 Å². The smallest absolute Gasteiger partial charge is 0.147 e. The third-order valence-electron chi connectivity index (χ3n) is 2.34. The van der Waals surface area contributed by atoms with Crippen molar-refractivity contribution in [2.75, 3.05) is 19.0 Å². The standard InChI is InChI=1S/C10H13ClN2/c1-13(2)10-9(11)8(5-6-12-10)7-3-4-7/h5-7H,3-4H2,1-2H3. The minimum atomic E-state index is 0.689. The Kier molecular flexibility index (Phi) is 2.16. The number of rotatable bonds is 2. The van der Waals surface area contributed by atoms with E-state index in [1.807, 2.05) is 31.3 Å². The minimum absolute atomic E-state index is 0.689. The molecule has 0 atom stereocenters. The van der Waals surface area contributed by atoms with Gasteiger partial charge in [-0.15, -0.1) is 0 Å². The van der Waals surface area contributed by atoms with Crippen LogP contribution in [0, 0.1) is 0 Å². The maximum Gasteiger partial charge on any atom is 0.147 e. The molecular formula is C10H13ClN2. The Morgan fingerprint density at radius 2 is 2.15 bits per heavy atom. The van der Waals surface area contributed by atoms with Gasteiger partial charge in [-0.3, -0.25) is 0 Å². The quantitative estimate of drug-likeness (QED) is 0.723. The highest BCUT2D eigenvalue weighted by Crippen LogP contribution is 2.44. The number of nitrogens with zero attached hydrogens (tertiary/aromatic N) is 2. The van der Waals surface area contributed by atoms with Crippen LogP contribution in [-0.4, -0.2) is 19.1 Å². The van der Waals surface area contributed by atoms with Crippen LogP contribution in [0.25, 0.3) is 0 Å². The molecule has 3 heteroatoms. The predicted octanol–water partition coefficient (Wildman–Crippen LogP) is 2.68. The molecule has 0 N–H and O–H groups in total. The molecule has 2 rings (SSSR count). The number of hydrogen-bond donors (Lipinski definition) is 0. The number of halogens is 1. The van der Waals surface area contributed by atoms with Crippen LogP contribution in [0.1, 0.15) is 24.3 Å². The molecule has 13 heavy (non-hydrogen) atoms. The van der Waals surface area contributed by atoms with Gasteiger partial charge < -0.3 is 4.90 Å². The summed E-state index contributed by atoms with van der Waals surface area (Å²) in [7, 11) is 3.93. The third-order valence-corrected chi connectivity index (χ3v) is 2.73. The highest BCUT2D eigenvalue weighted by molar-refractivity contribution is 6.33. The van der Waals surface area contributed by atoms with E-state index in [9.17, 15) is 0 Å². The van der Waals surface area contributed by atoms with Crippen LogP contribution < -0.4 is 4.90 Å². The molecule has 0 bridgehead atoms. The molecule has 1 aliphatic carbocycles. The Morgan fingerprint density at radius 3 is 2.69 bits per heavy atom. The molecule has 0 saturated heterocycles. The van der Waals surface area contributed by atoms with Gasteiger partial charge in [0, 0.05) is 20.3 Å². The lowest BCUT2D eigenvalue weighted by Gasteiger charge is -2.14. The molecule has 2 nitrogen and oxygen atoms in total. The highest BCUT2D eigenvalue weighted by atomic mass is 35.5. The van der Waals surface area contributed by atoms with Crippen LogP contribution >= 0.6 is 11.6 Å². The van der Waals surface area contributed by atoms with Crippen molar-refractivity contribution in [3.05, 3.63) is 22.8 Å². The van der Waals surface area contributed by atoms with Gasteiger partial charge in [0.25, 0.3) is 0 Å². The topological polar surface area (TPSA) is 16.1 Å². The number of hydrogen-bond acceptors (Lipinski definition) is 2. The summed E-state index contributed by atoms with van der Waals surface area (Å²) < 4.78 is 0. The van der Waals surface area contributed by atoms with Gasteiger partial charge in [0.1, 0.15) is 5.82 Å². The molecule has 0 amide bonds. The first-order chi connectivity index (χ1) is 6.20. The Balaban J connectivity index is 2.41. The van der Waals surface area contributed by atoms with E-state index in [0.717, 1.165) is 10.8 Å². The van der Waals surface area contributed by atoms with Gasteiger partial charge in [-0.05, 0) is 30.4 Å². The molecular weight excluding hydrogens is 184 g/mol. The van der Waals surface area contributed by atoms with Gasteiger partial charge in [0.05, 0.1) is 5.02 Å². The zero-order valence-electron chi connectivity index (χ0n) is 7.92. The van der Waals surface area contributed by atoms with Gasteiger partial charge >= 0.3 is 0 Å². The summed E-state index contributed by atoms with van der Waals surface area (Å²) in [5.74, 6) is 1.57. The second kappa shape index (κ2) is 3.18. The lowest BCUT2D eigenvalue weighted by molar-refractivity contribution is 1.04. The minimum Gasteiger partial charge on any atom is -0.362 e. The Labute approximate surface area is 83.5 Å². The predicted molar refractivity (Wildman–Crippen MR) is 55.5 cm³/mol. The van der Waals surface area contributed by atoms with E-state index in [-0.39, 0.29) is 0 Å². The summed E-state index contributed by atoms with van der Waals surface area (Å²) in [6, 6.07) is 2.03. The third kappa shape index (κ3) is 1.63. The molecule has 1 aliphatic rings. The maximum absolute atomic E-state index is 6.23. The van der Waals surface area contributed by atoms with Gasteiger partial charge in [0.2, 0.25) is 0 Å². The van der Waals surface area contributed by atoms with Gasteiger partial charge in [0.15, 0.2) is 0 Å². The van der Waals surface area contributed by atoms with E-state index >= 15 is 0 Å². The average Bonchev–Trinajstić information content (AvgIpc) is 2.87. The van der Waals surface area contributed by atoms with E-state index in [1.54, 1.807) is 0 Å². The van der Waals surface area contributed by atoms with Crippen molar-refractivity contribution in [1.82, 2.24) is 4.98 Å². The molecule has 70 valence electrons. The van der Waals surface area contributed by atoms with E-state index in [2.05, 4.69) is 4.98 Å². The second-order valence-corrected chi connectivity index (χ2v) is 4.08. The van der Waals surface area contributed by atoms with E-state index < -0.39 is 0 Å². The molecule has 0 unspecified atom stereocenters. The Bertz CT molecular complexity index is 298. The largest absolute Gasteiger partial charge is 0.362 e. The fourth-order valence-electron chi connectivity index (χ4n) is 1.47. The van der Waals surface area contributed by atoms with Crippen LogP contribution in [0.2, 0.25) is 5.02 Å². The zero-order valence-corrected chi connectivity index (χ0v) is 8.67. The zero-order chi connectivity index (χ0) is 9.42. The Morgan fingerprint density at radius 1 is 1.46 bits per heavy atom. The SMILES string of the molecule is CN(C)c1nccc(C2CC2)c1Cl. The average molecular weight is 197 g/mol. The highest BCUT2D eigenvalue weighted by Gasteiger charge is 2.27. The lowest BCUT2D eigenvalue weighted by Crippen LogP contribution is -2.11. The maximum atomic E-state index is 6.23. The molecule has 1 aromatic heterocycles. The van der Waals surface area contributed by atoms with Crippen LogP contribution in [-0.2, 0) is 0 Å². The summed E-state index contributed by atoms with van der Waals surface area (Å²) in [5.41, 5.74) is 1.26. The summed E-state index contributed by atoms with van der Waals surface area (Å²) in [4.78, 5) is 6.20. The van der Waals surface area contributed by atoms with Crippen LogP contribution in [0.15, 0.2) is 12.3 Å². The summed E-state index contributed by atoms with van der Waals surface area (Å²) in [6.45, 7) is 0. The lowest BCUT2D eigenvalue weighted by atomic mass is 10.2. The van der Waals surface area contributed by atoms with Crippen molar-refractivity contribution in [2.24, 2.45) is 0 Å². The van der Waals surface area contributed by atoms with Crippen molar-refractivity contribution in [3.63, 3.8) is 0 Å². The van der Waals surface area contributed by atoms with E-state index in [4.69, 9.17) is 11.6 Å². The molecule has 1 aromatic rings. The van der Waals surface area contributed by atoms with Crippen molar-refractivity contribution in [2.45, 2.75) is 18.8 Å². The van der Waals surface area contributed by atoms with Gasteiger partial charge in [-0.1, -0.05) is 11.6 Å². The molecule has 1 heterocycles. The van der Waals surface area contributed by atoms with Gasteiger partial charge in [-0.2, -0.15) is 0 Å². The normalized spacial score (nSPS) is 15.9. The second-order valence-electron chi connectivity index (χ2n) is 3.71. The van der Waals surface area contributed by atoms with Crippen molar-refractivity contribution in [3.8, 4) is 0 Å². The molecule has 0 aromatic carbocycles. The first-order valence-corrected chi connectivity index (χ1v) is 4.89. The molecule has 1 fully saturated rings. The van der Waals surface area contributed by atoms with E-state index in [1.165, 1.54) is 18.4 Å². The number of pyridine rings is 1. The van der Waals surface area contributed by atoms with Crippen LogP contribution in [0.5, 0.6) is 0 Å².